The largest absolute Gasteiger partial charge is 0.389 e. The number of hydrogen-bond acceptors (Lipinski definition) is 1. The minimum atomic E-state index is -0.265. The summed E-state index contributed by atoms with van der Waals surface area (Å²) >= 11 is 0. The number of allylic oxidation sites excluding steroid dienone is 2. The van der Waals surface area contributed by atoms with E-state index in [1.165, 1.54) is 5.57 Å². The maximum atomic E-state index is 9.47. The second kappa shape index (κ2) is 3.72. The van der Waals surface area contributed by atoms with E-state index in [2.05, 4.69) is 19.6 Å². The van der Waals surface area contributed by atoms with Crippen LogP contribution >= 0.6 is 0 Å². The van der Waals surface area contributed by atoms with E-state index in [1.54, 1.807) is 0 Å². The first-order chi connectivity index (χ1) is 5.20. The Kier molecular flexibility index (Phi) is 2.89. The molecule has 0 saturated carbocycles. The molecule has 0 aromatic carbocycles. The zero-order valence-electron chi connectivity index (χ0n) is 7.14. The monoisotopic (exact) mass is 152 g/mol. The molecule has 0 saturated heterocycles. The molecule has 1 heteroatoms. The summed E-state index contributed by atoms with van der Waals surface area (Å²) in [5.74, 6) is 0. The second-order valence-electron chi connectivity index (χ2n) is 3.30. The van der Waals surface area contributed by atoms with Crippen molar-refractivity contribution in [2.75, 3.05) is 0 Å². The van der Waals surface area contributed by atoms with Crippen molar-refractivity contribution in [2.24, 2.45) is 0 Å². The van der Waals surface area contributed by atoms with Crippen LogP contribution in [0.15, 0.2) is 23.8 Å². The lowest BCUT2D eigenvalue weighted by molar-refractivity contribution is 0.196. The van der Waals surface area contributed by atoms with Crippen molar-refractivity contribution in [3.8, 4) is 0 Å². The van der Waals surface area contributed by atoms with Crippen molar-refractivity contribution in [3.63, 3.8) is 0 Å². The van der Waals surface area contributed by atoms with Crippen LogP contribution in [0.25, 0.3) is 0 Å². The highest BCUT2D eigenvalue weighted by atomic mass is 16.3. The fraction of sp³-hybridized carbons (Fsp3) is 0.600. The molecule has 0 fully saturated rings. The first-order valence-electron chi connectivity index (χ1n) is 4.21. The lowest BCUT2D eigenvalue weighted by Crippen LogP contribution is -2.10. The lowest BCUT2D eigenvalue weighted by Gasteiger charge is -2.16. The van der Waals surface area contributed by atoms with Gasteiger partial charge in [0.2, 0.25) is 0 Å². The second-order valence-corrected chi connectivity index (χ2v) is 3.30. The highest BCUT2D eigenvalue weighted by Gasteiger charge is 2.10. The van der Waals surface area contributed by atoms with Crippen LogP contribution in [0.2, 0.25) is 0 Å². The van der Waals surface area contributed by atoms with Gasteiger partial charge in [-0.1, -0.05) is 18.2 Å². The Bertz CT molecular complexity index is 179. The molecule has 0 aromatic heterocycles. The van der Waals surface area contributed by atoms with E-state index in [4.69, 9.17) is 0 Å². The van der Waals surface area contributed by atoms with Crippen LogP contribution < -0.4 is 0 Å². The SMILES string of the molecule is C=C1CC/C=C(/C)CCC1O. The van der Waals surface area contributed by atoms with Gasteiger partial charge in [0.1, 0.15) is 0 Å². The molecule has 0 aromatic rings. The molecule has 0 aliphatic heterocycles. The average molecular weight is 152 g/mol. The Labute approximate surface area is 68.4 Å². The molecule has 0 amide bonds. The molecule has 1 unspecified atom stereocenters. The number of aliphatic hydroxyl groups is 1. The smallest absolute Gasteiger partial charge is 0.0750 e. The summed E-state index contributed by atoms with van der Waals surface area (Å²) in [6.07, 6.45) is 5.83. The van der Waals surface area contributed by atoms with Crippen LogP contribution in [0.3, 0.4) is 0 Å². The summed E-state index contributed by atoms with van der Waals surface area (Å²) in [4.78, 5) is 0. The predicted molar refractivity (Wildman–Crippen MR) is 47.4 cm³/mol. The molecule has 0 radical (unpaired) electrons. The molecule has 62 valence electrons. The highest BCUT2D eigenvalue weighted by molar-refractivity contribution is 5.09. The van der Waals surface area contributed by atoms with Crippen molar-refractivity contribution < 1.29 is 5.11 Å². The summed E-state index contributed by atoms with van der Waals surface area (Å²) in [6, 6.07) is 0. The van der Waals surface area contributed by atoms with Crippen molar-refractivity contribution >= 4 is 0 Å². The van der Waals surface area contributed by atoms with Gasteiger partial charge in [-0.15, -0.1) is 0 Å². The number of rotatable bonds is 0. The summed E-state index contributed by atoms with van der Waals surface area (Å²) in [5.41, 5.74) is 2.39. The summed E-state index contributed by atoms with van der Waals surface area (Å²) < 4.78 is 0. The minimum Gasteiger partial charge on any atom is -0.389 e. The molecule has 11 heavy (non-hydrogen) atoms. The van der Waals surface area contributed by atoms with Gasteiger partial charge >= 0.3 is 0 Å². The van der Waals surface area contributed by atoms with E-state index in [9.17, 15) is 5.11 Å². The zero-order valence-corrected chi connectivity index (χ0v) is 7.14. The van der Waals surface area contributed by atoms with Crippen LogP contribution in [0.4, 0.5) is 0 Å². The Morgan fingerprint density at radius 1 is 1.55 bits per heavy atom. The van der Waals surface area contributed by atoms with Crippen LogP contribution in [-0.2, 0) is 0 Å². The maximum Gasteiger partial charge on any atom is 0.0750 e. The van der Waals surface area contributed by atoms with E-state index in [-0.39, 0.29) is 6.10 Å². The van der Waals surface area contributed by atoms with Gasteiger partial charge in [0, 0.05) is 0 Å². The highest BCUT2D eigenvalue weighted by Crippen LogP contribution is 2.20. The Balaban J connectivity index is 2.56. The van der Waals surface area contributed by atoms with E-state index in [0.717, 1.165) is 31.3 Å². The van der Waals surface area contributed by atoms with E-state index in [1.807, 2.05) is 0 Å². The summed E-state index contributed by atoms with van der Waals surface area (Å²) in [5, 5.41) is 9.47. The predicted octanol–water partition coefficient (Wildman–Crippen LogP) is 2.42. The molecule has 1 aliphatic carbocycles. The minimum absolute atomic E-state index is 0.265. The number of aliphatic hydroxyl groups excluding tert-OH is 1. The zero-order chi connectivity index (χ0) is 8.27. The molecule has 1 atom stereocenters. The lowest BCUT2D eigenvalue weighted by atomic mass is 9.95. The van der Waals surface area contributed by atoms with Gasteiger partial charge in [0.25, 0.3) is 0 Å². The van der Waals surface area contributed by atoms with Gasteiger partial charge in [0.15, 0.2) is 0 Å². The first kappa shape index (κ1) is 8.54. The van der Waals surface area contributed by atoms with Crippen LogP contribution in [-0.4, -0.2) is 11.2 Å². The molecule has 0 heterocycles. The molecule has 0 spiro atoms. The van der Waals surface area contributed by atoms with E-state index < -0.39 is 0 Å². The van der Waals surface area contributed by atoms with Gasteiger partial charge in [-0.25, -0.2) is 0 Å². The topological polar surface area (TPSA) is 20.2 Å². The Morgan fingerprint density at radius 3 is 3.00 bits per heavy atom. The van der Waals surface area contributed by atoms with Crippen molar-refractivity contribution in [1.29, 1.82) is 0 Å². The summed E-state index contributed by atoms with van der Waals surface area (Å²) in [7, 11) is 0. The Morgan fingerprint density at radius 2 is 2.27 bits per heavy atom. The molecule has 1 N–H and O–H groups in total. The molecule has 1 nitrogen and oxygen atoms in total. The maximum absolute atomic E-state index is 9.47. The van der Waals surface area contributed by atoms with Crippen molar-refractivity contribution in [3.05, 3.63) is 23.8 Å². The van der Waals surface area contributed by atoms with Crippen molar-refractivity contribution in [2.45, 2.75) is 38.7 Å². The normalized spacial score (nSPS) is 32.0. The van der Waals surface area contributed by atoms with Gasteiger partial charge in [-0.05, 0) is 38.2 Å². The average Bonchev–Trinajstić information content (AvgIpc) is 1.98. The van der Waals surface area contributed by atoms with Crippen LogP contribution in [0, 0.1) is 0 Å². The fourth-order valence-corrected chi connectivity index (χ4v) is 1.34. The third-order valence-corrected chi connectivity index (χ3v) is 2.24. The van der Waals surface area contributed by atoms with E-state index >= 15 is 0 Å². The molecule has 1 aliphatic rings. The molecule has 0 bridgehead atoms. The van der Waals surface area contributed by atoms with Gasteiger partial charge in [-0.2, -0.15) is 0 Å². The Hall–Kier alpha value is -0.560. The summed E-state index contributed by atoms with van der Waals surface area (Å²) in [6.45, 7) is 5.97. The quantitative estimate of drug-likeness (QED) is 0.528. The molecule has 1 rings (SSSR count). The van der Waals surface area contributed by atoms with Crippen LogP contribution in [0.1, 0.15) is 32.6 Å². The van der Waals surface area contributed by atoms with Gasteiger partial charge < -0.3 is 5.11 Å². The number of hydrogen-bond donors (Lipinski definition) is 1. The van der Waals surface area contributed by atoms with Gasteiger partial charge in [0.05, 0.1) is 6.10 Å². The third-order valence-electron chi connectivity index (χ3n) is 2.24. The molecular weight excluding hydrogens is 136 g/mol. The standard InChI is InChI=1S/C10H16O/c1-8-4-3-5-9(2)10(11)7-6-8/h4,10-11H,2-3,5-7H2,1H3/b8-4-. The van der Waals surface area contributed by atoms with Crippen LogP contribution in [0.5, 0.6) is 0 Å². The van der Waals surface area contributed by atoms with Gasteiger partial charge in [-0.3, -0.25) is 0 Å². The van der Waals surface area contributed by atoms with Crippen molar-refractivity contribution in [1.82, 2.24) is 0 Å². The first-order valence-corrected chi connectivity index (χ1v) is 4.21. The van der Waals surface area contributed by atoms with E-state index in [0.29, 0.717) is 0 Å². The third kappa shape index (κ3) is 2.51. The molecular formula is C10H16O. The fourth-order valence-electron chi connectivity index (χ4n) is 1.34.